The van der Waals surface area contributed by atoms with E-state index in [4.69, 9.17) is 0 Å². The van der Waals surface area contributed by atoms with Crippen molar-refractivity contribution >= 4 is 17.1 Å². The SMILES string of the molecule is Cc1cc(-n2c(C(C)C)cc3cc4c(cc32)C=NC4)ccc1F. The Kier molecular flexibility index (Phi) is 3.12. The van der Waals surface area contributed by atoms with Crippen LogP contribution in [0.4, 0.5) is 4.39 Å². The molecule has 2 aromatic carbocycles. The molecule has 0 N–H and O–H groups in total. The number of fused-ring (bicyclic) bond motifs is 2. The first-order valence-electron chi connectivity index (χ1n) is 7.99. The zero-order valence-electron chi connectivity index (χ0n) is 13.6. The molecule has 23 heavy (non-hydrogen) atoms. The molecule has 0 bridgehead atoms. The molecule has 0 amide bonds. The van der Waals surface area contributed by atoms with Gasteiger partial charge in [-0.25, -0.2) is 4.39 Å². The van der Waals surface area contributed by atoms with Gasteiger partial charge in [-0.05, 0) is 65.9 Å². The maximum Gasteiger partial charge on any atom is 0.126 e. The van der Waals surface area contributed by atoms with Crippen LogP contribution in [0.2, 0.25) is 0 Å². The lowest BCUT2D eigenvalue weighted by Gasteiger charge is -2.14. The average molecular weight is 306 g/mol. The first kappa shape index (κ1) is 14.2. The quantitative estimate of drug-likeness (QED) is 0.624. The Hall–Kier alpha value is -2.42. The van der Waals surface area contributed by atoms with Gasteiger partial charge in [0.05, 0.1) is 12.1 Å². The number of nitrogens with zero attached hydrogens (tertiary/aromatic N) is 2. The summed E-state index contributed by atoms with van der Waals surface area (Å²) in [5.41, 5.74) is 6.55. The summed E-state index contributed by atoms with van der Waals surface area (Å²) in [6, 6.07) is 12.0. The minimum absolute atomic E-state index is 0.163. The van der Waals surface area contributed by atoms with Crippen LogP contribution in [-0.2, 0) is 6.54 Å². The minimum Gasteiger partial charge on any atom is -0.313 e. The Balaban J connectivity index is 2.04. The van der Waals surface area contributed by atoms with E-state index in [1.165, 1.54) is 22.2 Å². The van der Waals surface area contributed by atoms with Crippen molar-refractivity contribution in [3.8, 4) is 5.69 Å². The number of halogens is 1. The molecule has 2 nitrogen and oxygen atoms in total. The Morgan fingerprint density at radius 2 is 1.96 bits per heavy atom. The second kappa shape index (κ2) is 5.05. The van der Waals surface area contributed by atoms with Crippen LogP contribution in [0.15, 0.2) is 41.4 Å². The maximum absolute atomic E-state index is 13.7. The zero-order chi connectivity index (χ0) is 16.1. The van der Waals surface area contributed by atoms with Gasteiger partial charge in [0.25, 0.3) is 0 Å². The fourth-order valence-electron chi connectivity index (χ4n) is 3.32. The molecule has 0 saturated carbocycles. The number of hydrogen-bond acceptors (Lipinski definition) is 1. The Morgan fingerprint density at radius 1 is 1.13 bits per heavy atom. The third-order valence-electron chi connectivity index (χ3n) is 4.57. The summed E-state index contributed by atoms with van der Waals surface area (Å²) in [4.78, 5) is 4.36. The van der Waals surface area contributed by atoms with Crippen LogP contribution in [0.1, 0.15) is 42.1 Å². The van der Waals surface area contributed by atoms with Crippen LogP contribution < -0.4 is 0 Å². The van der Waals surface area contributed by atoms with Crippen molar-refractivity contribution in [2.75, 3.05) is 0 Å². The molecule has 0 aliphatic carbocycles. The number of aromatic nitrogens is 1. The van der Waals surface area contributed by atoms with Crippen LogP contribution in [0.25, 0.3) is 16.6 Å². The molecule has 3 heteroatoms. The van der Waals surface area contributed by atoms with Gasteiger partial charge in [0.15, 0.2) is 0 Å². The highest BCUT2D eigenvalue weighted by Crippen LogP contribution is 2.32. The molecule has 0 unspecified atom stereocenters. The van der Waals surface area contributed by atoms with Gasteiger partial charge in [-0.2, -0.15) is 0 Å². The highest BCUT2D eigenvalue weighted by molar-refractivity contribution is 5.94. The summed E-state index contributed by atoms with van der Waals surface area (Å²) >= 11 is 0. The fourth-order valence-corrected chi connectivity index (χ4v) is 3.32. The second-order valence-electron chi connectivity index (χ2n) is 6.57. The molecule has 0 saturated heterocycles. The van der Waals surface area contributed by atoms with Crippen LogP contribution in [0, 0.1) is 12.7 Å². The summed E-state index contributed by atoms with van der Waals surface area (Å²) < 4.78 is 15.9. The van der Waals surface area contributed by atoms with E-state index in [1.54, 1.807) is 6.07 Å². The van der Waals surface area contributed by atoms with Gasteiger partial charge in [-0.15, -0.1) is 0 Å². The average Bonchev–Trinajstić information content (AvgIpc) is 3.11. The highest BCUT2D eigenvalue weighted by atomic mass is 19.1. The summed E-state index contributed by atoms with van der Waals surface area (Å²) in [5.74, 6) is 0.223. The summed E-state index contributed by atoms with van der Waals surface area (Å²) in [6.45, 7) is 6.96. The number of rotatable bonds is 2. The molecule has 0 fully saturated rings. The normalized spacial score (nSPS) is 13.3. The molecule has 1 aliphatic rings. The molecule has 1 aliphatic heterocycles. The third kappa shape index (κ3) is 2.19. The van der Waals surface area contributed by atoms with Crippen LogP contribution in [-0.4, -0.2) is 10.8 Å². The predicted molar refractivity (Wildman–Crippen MR) is 93.4 cm³/mol. The maximum atomic E-state index is 13.7. The van der Waals surface area contributed by atoms with Gasteiger partial charge < -0.3 is 4.57 Å². The van der Waals surface area contributed by atoms with E-state index in [1.807, 2.05) is 25.3 Å². The predicted octanol–water partition coefficient (Wildman–Crippen LogP) is 5.13. The summed E-state index contributed by atoms with van der Waals surface area (Å²) in [7, 11) is 0. The van der Waals surface area contributed by atoms with E-state index in [0.717, 1.165) is 17.7 Å². The molecule has 1 aromatic heterocycles. The first-order chi connectivity index (χ1) is 11.0. The number of benzene rings is 2. The van der Waals surface area contributed by atoms with Crippen molar-refractivity contribution < 1.29 is 4.39 Å². The van der Waals surface area contributed by atoms with Crippen molar-refractivity contribution in [3.05, 3.63) is 64.6 Å². The van der Waals surface area contributed by atoms with Crippen LogP contribution >= 0.6 is 0 Å². The van der Waals surface area contributed by atoms with Gasteiger partial charge in [-0.3, -0.25) is 4.99 Å². The molecular weight excluding hydrogens is 287 g/mol. The lowest BCUT2D eigenvalue weighted by Crippen LogP contribution is -2.02. The van der Waals surface area contributed by atoms with Gasteiger partial charge >= 0.3 is 0 Å². The number of hydrogen-bond donors (Lipinski definition) is 0. The Bertz CT molecular complexity index is 948. The molecule has 3 aromatic rings. The largest absolute Gasteiger partial charge is 0.313 e. The van der Waals surface area contributed by atoms with E-state index in [2.05, 4.69) is 41.6 Å². The molecule has 116 valence electrons. The Labute approximate surface area is 135 Å². The second-order valence-corrected chi connectivity index (χ2v) is 6.57. The van der Waals surface area contributed by atoms with Crippen molar-refractivity contribution in [1.82, 2.24) is 4.57 Å². The summed E-state index contributed by atoms with van der Waals surface area (Å²) in [6.07, 6.45) is 1.94. The topological polar surface area (TPSA) is 17.3 Å². The van der Waals surface area contributed by atoms with Crippen LogP contribution in [0.3, 0.4) is 0 Å². The monoisotopic (exact) mass is 306 g/mol. The number of aryl methyl sites for hydroxylation is 1. The molecule has 2 heterocycles. The highest BCUT2D eigenvalue weighted by Gasteiger charge is 2.17. The van der Waals surface area contributed by atoms with E-state index >= 15 is 0 Å². The van der Waals surface area contributed by atoms with Gasteiger partial charge in [0.2, 0.25) is 0 Å². The fraction of sp³-hybridized carbons (Fsp3) is 0.250. The molecule has 0 spiro atoms. The van der Waals surface area contributed by atoms with Crippen LogP contribution in [0.5, 0.6) is 0 Å². The first-order valence-corrected chi connectivity index (χ1v) is 7.99. The number of aliphatic imine (C=N–C) groups is 1. The lowest BCUT2D eigenvalue weighted by atomic mass is 10.1. The van der Waals surface area contributed by atoms with Gasteiger partial charge in [0, 0.05) is 23.0 Å². The lowest BCUT2D eigenvalue weighted by molar-refractivity contribution is 0.618. The van der Waals surface area contributed by atoms with E-state index in [-0.39, 0.29) is 5.82 Å². The van der Waals surface area contributed by atoms with E-state index < -0.39 is 0 Å². The molecule has 0 radical (unpaired) electrons. The molecule has 0 atom stereocenters. The minimum atomic E-state index is -0.163. The standard InChI is InChI=1S/C20H19FN2/c1-12(2)19-8-14-7-15-10-22-11-16(15)9-20(14)23(19)17-4-5-18(21)13(3)6-17/h4-9,11-12H,10H2,1-3H3. The van der Waals surface area contributed by atoms with E-state index in [9.17, 15) is 4.39 Å². The van der Waals surface area contributed by atoms with Crippen molar-refractivity contribution in [1.29, 1.82) is 0 Å². The zero-order valence-corrected chi connectivity index (χ0v) is 13.6. The third-order valence-corrected chi connectivity index (χ3v) is 4.57. The van der Waals surface area contributed by atoms with Gasteiger partial charge in [0.1, 0.15) is 5.82 Å². The van der Waals surface area contributed by atoms with Crippen molar-refractivity contribution in [2.24, 2.45) is 4.99 Å². The summed E-state index contributed by atoms with van der Waals surface area (Å²) in [5, 5.41) is 1.22. The van der Waals surface area contributed by atoms with Crippen molar-refractivity contribution in [2.45, 2.75) is 33.2 Å². The molecule has 4 rings (SSSR count). The molecular formula is C20H19FN2. The van der Waals surface area contributed by atoms with E-state index in [0.29, 0.717) is 11.5 Å². The smallest absolute Gasteiger partial charge is 0.126 e. The van der Waals surface area contributed by atoms with Gasteiger partial charge in [-0.1, -0.05) is 13.8 Å². The Morgan fingerprint density at radius 3 is 2.70 bits per heavy atom. The van der Waals surface area contributed by atoms with Crippen molar-refractivity contribution in [3.63, 3.8) is 0 Å².